The van der Waals surface area contributed by atoms with E-state index < -0.39 is 181 Å². The van der Waals surface area contributed by atoms with Crippen LogP contribution in [0, 0.1) is 50.2 Å². The van der Waals surface area contributed by atoms with Crippen molar-refractivity contribution in [3.8, 4) is 0 Å². The van der Waals surface area contributed by atoms with Crippen LogP contribution in [0.4, 0.5) is 0 Å². The fourth-order valence-corrected chi connectivity index (χ4v) is 15.3. The van der Waals surface area contributed by atoms with Gasteiger partial charge in [0.05, 0.1) is 55.8 Å². The second-order valence-corrected chi connectivity index (χ2v) is 23.3. The Balaban J connectivity index is 1.13. The third-order valence-corrected chi connectivity index (χ3v) is 19.4. The zero-order valence-corrected chi connectivity index (χ0v) is 39.8. The van der Waals surface area contributed by atoms with Gasteiger partial charge in [-0.05, 0) is 72.5 Å². The lowest BCUT2D eigenvalue weighted by Gasteiger charge is -2.74. The van der Waals surface area contributed by atoms with Gasteiger partial charge in [-0.25, -0.2) is 4.79 Å². The molecule has 68 heavy (non-hydrogen) atoms. The number of hydrogen-bond acceptors (Lipinski definition) is 20. The molecule has 3 saturated heterocycles. The van der Waals surface area contributed by atoms with Gasteiger partial charge in [0.25, 0.3) is 0 Å². The van der Waals surface area contributed by atoms with Crippen LogP contribution in [0.25, 0.3) is 0 Å². The van der Waals surface area contributed by atoms with Crippen LogP contribution in [-0.2, 0) is 33.2 Å². The van der Waals surface area contributed by atoms with Crippen molar-refractivity contribution in [2.45, 2.75) is 204 Å². The highest BCUT2D eigenvalue weighted by Gasteiger charge is 2.76. The maximum Gasteiger partial charge on any atom is 0.335 e. The average Bonchev–Trinajstić information content (AvgIpc) is 3.55. The number of allylic oxidation sites excluding steroid dienone is 1. The van der Waals surface area contributed by atoms with Gasteiger partial charge in [-0.1, -0.05) is 60.1 Å². The molecule has 4 saturated carbocycles. The lowest BCUT2D eigenvalue weighted by Crippen LogP contribution is -2.77. The number of carboxylic acids is 1. The van der Waals surface area contributed by atoms with Gasteiger partial charge in [0.2, 0.25) is 0 Å². The summed E-state index contributed by atoms with van der Waals surface area (Å²) >= 11 is 0. The third-order valence-electron chi connectivity index (χ3n) is 19.4. The Morgan fingerprint density at radius 1 is 0.632 bits per heavy atom. The molecule has 3 aliphatic heterocycles. The molecule has 1 unspecified atom stereocenters. The van der Waals surface area contributed by atoms with E-state index >= 15 is 0 Å². The van der Waals surface area contributed by atoms with Crippen LogP contribution in [0.5, 0.6) is 0 Å². The molecule has 14 N–H and O–H groups in total. The number of carbonyl (C=O) groups is 1. The standard InChI is InChI=1S/C47H76O21/c1-42(2)14-19-18-8-9-23-44(5)12-11-24(43(3,4)22(44)10-13-45(23,6)46(18,7)35(58)37(60)47(19,17-50)36(59)34(42)57)65-41-33(68-40-29(55)27(53)25(51)20(15-48)63-40)31(30(56)32(67-41)38(61)62)66-39-28(54)26(52)21(16-49)64-39/h10,18-21,23-37,39-41,48-60H,8-9,11-17H2,1-7H3,(H,61,62)/t18-,19+,20-,21+,23-,24?,25+,26+,27+,28-,29-,30-,31+,32+,33-,34+,35+,36+,37-,39-,40+,41-,44+,45-,46+,47-/m1/s1. The molecule has 26 atom stereocenters. The molecule has 0 spiro atoms. The van der Waals surface area contributed by atoms with Gasteiger partial charge in [0.1, 0.15) is 61.0 Å². The van der Waals surface area contributed by atoms with E-state index in [-0.39, 0.29) is 11.8 Å². The predicted octanol–water partition coefficient (Wildman–Crippen LogP) is -2.77. The molecule has 21 heteroatoms. The van der Waals surface area contributed by atoms with Crippen molar-refractivity contribution in [2.75, 3.05) is 19.8 Å². The van der Waals surface area contributed by atoms with Crippen molar-refractivity contribution in [3.63, 3.8) is 0 Å². The summed E-state index contributed by atoms with van der Waals surface area (Å²) < 4.78 is 36.1. The summed E-state index contributed by atoms with van der Waals surface area (Å²) in [7, 11) is 0. The lowest BCUT2D eigenvalue weighted by molar-refractivity contribution is -0.384. The van der Waals surface area contributed by atoms with E-state index in [0.29, 0.717) is 38.5 Å². The minimum Gasteiger partial charge on any atom is -0.479 e. The van der Waals surface area contributed by atoms with Crippen LogP contribution < -0.4 is 0 Å². The van der Waals surface area contributed by atoms with E-state index in [9.17, 15) is 76.3 Å². The van der Waals surface area contributed by atoms with Crippen molar-refractivity contribution in [3.05, 3.63) is 11.6 Å². The number of fused-ring (bicyclic) bond motifs is 7. The van der Waals surface area contributed by atoms with Crippen LogP contribution in [-0.4, -0.2) is 214 Å². The number of carboxylic acid groups (broad SMARTS) is 1. The van der Waals surface area contributed by atoms with Crippen LogP contribution in [0.3, 0.4) is 0 Å². The SMILES string of the molecule is CC1(C)C2=CC[C@]3(C)[C@H](CC[C@@H]4[C@@H]5CC(C)(C)[C@@H](O)[C@H](O)[C@]5(CO)[C@H](O)[C@H](O)[C@]43C)[C@@]2(C)CCC1O[C@@H]1O[C@H](C(=O)O)[C@H](O)[C@H](O[C@H]2O[C@@H](CO)[C@H](O)[C@H]2O)[C@H]1O[C@@H]1O[C@H](CO)[C@H](O)[C@H](O)[C@H]1O. The van der Waals surface area contributed by atoms with Crippen LogP contribution in [0.1, 0.15) is 87.0 Å². The van der Waals surface area contributed by atoms with Crippen LogP contribution in [0.2, 0.25) is 0 Å². The number of aliphatic hydroxyl groups is 13. The van der Waals surface area contributed by atoms with E-state index in [1.165, 1.54) is 0 Å². The highest BCUT2D eigenvalue weighted by Crippen LogP contribution is 2.76. The summed E-state index contributed by atoms with van der Waals surface area (Å²) in [5.74, 6) is -2.39. The monoisotopic (exact) mass is 976 g/mol. The number of hydrogen-bond donors (Lipinski definition) is 14. The summed E-state index contributed by atoms with van der Waals surface area (Å²) in [6.45, 7) is 11.9. The van der Waals surface area contributed by atoms with Crippen LogP contribution in [0.15, 0.2) is 11.6 Å². The van der Waals surface area contributed by atoms with E-state index in [2.05, 4.69) is 19.9 Å². The van der Waals surface area contributed by atoms with E-state index in [0.717, 1.165) is 5.57 Å². The van der Waals surface area contributed by atoms with Crippen molar-refractivity contribution < 1.29 is 105 Å². The zero-order chi connectivity index (χ0) is 50.2. The molecule has 0 radical (unpaired) electrons. The van der Waals surface area contributed by atoms with Crippen LogP contribution >= 0.6 is 0 Å². The van der Waals surface area contributed by atoms with Crippen molar-refractivity contribution in [1.82, 2.24) is 0 Å². The highest BCUT2D eigenvalue weighted by atomic mass is 16.8. The smallest absolute Gasteiger partial charge is 0.335 e. The van der Waals surface area contributed by atoms with E-state index in [1.807, 2.05) is 34.6 Å². The predicted molar refractivity (Wildman–Crippen MR) is 230 cm³/mol. The normalized spacial score (nSPS) is 55.3. The topological polar surface area (TPSA) is 356 Å². The minimum absolute atomic E-state index is 0.0690. The second-order valence-electron chi connectivity index (χ2n) is 23.3. The maximum atomic E-state index is 12.8. The molecule has 0 aromatic heterocycles. The lowest BCUT2D eigenvalue weighted by atomic mass is 9.31. The molecule has 0 bridgehead atoms. The summed E-state index contributed by atoms with van der Waals surface area (Å²) in [4.78, 5) is 12.8. The average molecular weight is 977 g/mol. The van der Waals surface area contributed by atoms with Crippen molar-refractivity contribution in [1.29, 1.82) is 0 Å². The Bertz CT molecular complexity index is 1880. The van der Waals surface area contributed by atoms with Gasteiger partial charge in [-0.2, -0.15) is 0 Å². The highest BCUT2D eigenvalue weighted by molar-refractivity contribution is 5.73. The molecule has 8 aliphatic rings. The first-order valence-corrected chi connectivity index (χ1v) is 24.2. The number of aliphatic hydroxyl groups excluding tert-OH is 13. The fraction of sp³-hybridized carbons (Fsp3) is 0.936. The number of ether oxygens (including phenoxy) is 6. The van der Waals surface area contributed by atoms with Crippen molar-refractivity contribution >= 4 is 5.97 Å². The molecule has 0 aromatic carbocycles. The van der Waals surface area contributed by atoms with Gasteiger partial charge in [-0.15, -0.1) is 0 Å². The summed E-state index contributed by atoms with van der Waals surface area (Å²) in [5, 5.41) is 154. The van der Waals surface area contributed by atoms with E-state index in [4.69, 9.17) is 28.4 Å². The Morgan fingerprint density at radius 2 is 1.19 bits per heavy atom. The quantitative estimate of drug-likeness (QED) is 0.0986. The maximum absolute atomic E-state index is 12.8. The molecule has 21 nitrogen and oxygen atoms in total. The van der Waals surface area contributed by atoms with Gasteiger partial charge in [0.15, 0.2) is 25.0 Å². The zero-order valence-electron chi connectivity index (χ0n) is 39.8. The summed E-state index contributed by atoms with van der Waals surface area (Å²) in [6, 6.07) is 0. The Hall–Kier alpha value is -1.55. The first kappa shape index (κ1) is 52.8. The molecule has 8 rings (SSSR count). The molecule has 390 valence electrons. The van der Waals surface area contributed by atoms with Crippen molar-refractivity contribution in [2.24, 2.45) is 50.2 Å². The van der Waals surface area contributed by atoms with Gasteiger partial charge < -0.3 is 99.9 Å². The first-order valence-electron chi connectivity index (χ1n) is 24.2. The Labute approximate surface area is 395 Å². The molecule has 3 heterocycles. The van der Waals surface area contributed by atoms with E-state index in [1.54, 1.807) is 0 Å². The summed E-state index contributed by atoms with van der Waals surface area (Å²) in [6.07, 6.45) is -26.4. The largest absolute Gasteiger partial charge is 0.479 e. The molecular formula is C47H76O21. The van der Waals surface area contributed by atoms with Gasteiger partial charge in [-0.3, -0.25) is 0 Å². The molecule has 7 fully saturated rings. The third kappa shape index (κ3) is 7.46. The number of aliphatic carboxylic acids is 1. The Kier molecular flexibility index (Phi) is 14.1. The van der Waals surface area contributed by atoms with Gasteiger partial charge in [0, 0.05) is 10.8 Å². The fourth-order valence-electron chi connectivity index (χ4n) is 15.3. The minimum atomic E-state index is -2.11. The number of rotatable bonds is 10. The summed E-state index contributed by atoms with van der Waals surface area (Å²) in [5.41, 5.74) is -4.23. The Morgan fingerprint density at radius 3 is 1.76 bits per heavy atom. The molecule has 5 aliphatic carbocycles. The molecule has 0 amide bonds. The molecule has 0 aromatic rings. The second kappa shape index (κ2) is 18.1. The van der Waals surface area contributed by atoms with Gasteiger partial charge >= 0.3 is 5.97 Å². The first-order chi connectivity index (χ1) is 31.6. The molecular weight excluding hydrogens is 900 g/mol.